The van der Waals surface area contributed by atoms with E-state index in [2.05, 4.69) is 22.3 Å². The third kappa shape index (κ3) is 3.36. The number of halogens is 1. The first-order chi connectivity index (χ1) is 12.2. The van der Waals surface area contributed by atoms with E-state index in [9.17, 15) is 4.39 Å². The molecule has 1 aromatic heterocycles. The van der Waals surface area contributed by atoms with Gasteiger partial charge in [0.2, 0.25) is 0 Å². The number of anilines is 2. The van der Waals surface area contributed by atoms with Crippen LogP contribution < -0.4 is 10.6 Å². The minimum atomic E-state index is -0.215. The zero-order valence-corrected chi connectivity index (χ0v) is 14.0. The van der Waals surface area contributed by atoms with E-state index in [1.165, 1.54) is 23.4 Å². The molecular weight excluding hydrogens is 315 g/mol. The number of rotatable bonds is 4. The molecule has 4 nitrogen and oxygen atoms in total. The second-order valence-electron chi connectivity index (χ2n) is 6.54. The predicted octanol–water partition coefficient (Wildman–Crippen LogP) is 3.61. The Morgan fingerprint density at radius 1 is 1.04 bits per heavy atom. The van der Waals surface area contributed by atoms with Crippen molar-refractivity contribution in [2.24, 2.45) is 0 Å². The minimum Gasteiger partial charge on any atom is -0.398 e. The van der Waals surface area contributed by atoms with Gasteiger partial charge in [-0.15, -0.1) is 0 Å². The molecule has 0 radical (unpaired) electrons. The zero-order valence-electron chi connectivity index (χ0n) is 14.0. The smallest absolute Gasteiger partial charge is 0.123 e. The summed E-state index contributed by atoms with van der Waals surface area (Å²) >= 11 is 0. The second kappa shape index (κ2) is 6.59. The van der Waals surface area contributed by atoms with Crippen molar-refractivity contribution in [1.82, 2.24) is 9.78 Å². The van der Waals surface area contributed by atoms with Gasteiger partial charge in [0.25, 0.3) is 0 Å². The fourth-order valence-electron chi connectivity index (χ4n) is 3.46. The van der Waals surface area contributed by atoms with Crippen LogP contribution in [0.3, 0.4) is 0 Å². The van der Waals surface area contributed by atoms with Gasteiger partial charge in [0.05, 0.1) is 12.7 Å². The maximum absolute atomic E-state index is 13.0. The summed E-state index contributed by atoms with van der Waals surface area (Å²) in [5.74, 6) is -0.215. The molecule has 0 unspecified atom stereocenters. The van der Waals surface area contributed by atoms with E-state index < -0.39 is 0 Å². The Labute approximate surface area is 146 Å². The Bertz CT molecular complexity index is 870. The number of fused-ring (bicyclic) bond motifs is 1. The molecule has 0 amide bonds. The van der Waals surface area contributed by atoms with Gasteiger partial charge in [-0.05, 0) is 48.2 Å². The minimum absolute atomic E-state index is 0.215. The highest BCUT2D eigenvalue weighted by atomic mass is 19.1. The first-order valence-corrected chi connectivity index (χ1v) is 8.57. The zero-order chi connectivity index (χ0) is 17.2. The van der Waals surface area contributed by atoms with Gasteiger partial charge in [0.1, 0.15) is 5.82 Å². The number of aromatic nitrogens is 2. The standard InChI is InChI=1S/C20H21FN4/c21-17-8-6-15(7-9-17)13-25-14-16(11-23-25)12-24-10-2-3-18-19(22)4-1-5-20(18)24/h1,4-9,11,14H,2-3,10,12-13,22H2. The topological polar surface area (TPSA) is 47.1 Å². The summed E-state index contributed by atoms with van der Waals surface area (Å²) in [6.45, 7) is 2.49. The van der Waals surface area contributed by atoms with Crippen LogP contribution in [0.4, 0.5) is 15.8 Å². The number of hydrogen-bond donors (Lipinski definition) is 1. The van der Waals surface area contributed by atoms with Crippen molar-refractivity contribution in [3.63, 3.8) is 0 Å². The fraction of sp³-hybridized carbons (Fsp3) is 0.250. The molecule has 1 aliphatic rings. The maximum atomic E-state index is 13.0. The van der Waals surface area contributed by atoms with Crippen LogP contribution in [0.15, 0.2) is 54.9 Å². The van der Waals surface area contributed by atoms with Crippen LogP contribution in [0.1, 0.15) is 23.1 Å². The molecule has 0 aliphatic carbocycles. The van der Waals surface area contributed by atoms with E-state index in [-0.39, 0.29) is 5.82 Å². The Morgan fingerprint density at radius 3 is 2.72 bits per heavy atom. The summed E-state index contributed by atoms with van der Waals surface area (Å²) in [7, 11) is 0. The van der Waals surface area contributed by atoms with Gasteiger partial charge in [-0.1, -0.05) is 18.2 Å². The van der Waals surface area contributed by atoms with Gasteiger partial charge in [-0.2, -0.15) is 5.10 Å². The first-order valence-electron chi connectivity index (χ1n) is 8.57. The number of benzene rings is 2. The summed E-state index contributed by atoms with van der Waals surface area (Å²) in [6, 6.07) is 12.7. The van der Waals surface area contributed by atoms with Gasteiger partial charge in [0.15, 0.2) is 0 Å². The highest BCUT2D eigenvalue weighted by Crippen LogP contribution is 2.32. The molecule has 25 heavy (non-hydrogen) atoms. The maximum Gasteiger partial charge on any atom is 0.123 e. The van der Waals surface area contributed by atoms with E-state index in [1.54, 1.807) is 12.1 Å². The normalized spacial score (nSPS) is 13.7. The third-order valence-electron chi connectivity index (χ3n) is 4.70. The lowest BCUT2D eigenvalue weighted by Gasteiger charge is -2.31. The van der Waals surface area contributed by atoms with Crippen molar-refractivity contribution in [3.8, 4) is 0 Å². The monoisotopic (exact) mass is 336 g/mol. The number of hydrogen-bond acceptors (Lipinski definition) is 3. The fourth-order valence-corrected chi connectivity index (χ4v) is 3.46. The van der Waals surface area contributed by atoms with Crippen LogP contribution in [0, 0.1) is 5.82 Å². The Kier molecular flexibility index (Phi) is 4.14. The summed E-state index contributed by atoms with van der Waals surface area (Å²) in [5, 5.41) is 4.44. The molecule has 3 aromatic rings. The molecule has 0 saturated carbocycles. The van der Waals surface area contributed by atoms with Gasteiger partial charge in [-0.3, -0.25) is 4.68 Å². The van der Waals surface area contributed by atoms with Crippen molar-refractivity contribution < 1.29 is 4.39 Å². The molecule has 1 aliphatic heterocycles. The van der Waals surface area contributed by atoms with Crippen LogP contribution >= 0.6 is 0 Å². The lowest BCUT2D eigenvalue weighted by Crippen LogP contribution is -2.29. The molecule has 4 rings (SSSR count). The van der Waals surface area contributed by atoms with Crippen molar-refractivity contribution in [1.29, 1.82) is 0 Å². The molecule has 0 spiro atoms. The van der Waals surface area contributed by atoms with E-state index >= 15 is 0 Å². The van der Waals surface area contributed by atoms with Crippen molar-refractivity contribution in [2.45, 2.75) is 25.9 Å². The SMILES string of the molecule is Nc1cccc2c1CCCN2Cc1cnn(Cc2ccc(F)cc2)c1. The quantitative estimate of drug-likeness (QED) is 0.741. The van der Waals surface area contributed by atoms with Crippen molar-refractivity contribution >= 4 is 11.4 Å². The number of nitrogen functional groups attached to an aromatic ring is 1. The van der Waals surface area contributed by atoms with E-state index in [0.29, 0.717) is 6.54 Å². The average Bonchev–Trinajstić information content (AvgIpc) is 3.05. The molecule has 0 saturated heterocycles. The predicted molar refractivity (Wildman–Crippen MR) is 98.0 cm³/mol. The summed E-state index contributed by atoms with van der Waals surface area (Å²) < 4.78 is 14.9. The Hall–Kier alpha value is -2.82. The first kappa shape index (κ1) is 15.7. The van der Waals surface area contributed by atoms with Crippen LogP contribution in [-0.4, -0.2) is 16.3 Å². The largest absolute Gasteiger partial charge is 0.398 e. The van der Waals surface area contributed by atoms with E-state index in [4.69, 9.17) is 5.73 Å². The van der Waals surface area contributed by atoms with Gasteiger partial charge in [-0.25, -0.2) is 4.39 Å². The third-order valence-corrected chi connectivity index (χ3v) is 4.70. The molecule has 2 heterocycles. The summed E-state index contributed by atoms with van der Waals surface area (Å²) in [4.78, 5) is 2.37. The molecule has 2 N–H and O–H groups in total. The van der Waals surface area contributed by atoms with Crippen molar-refractivity contribution in [2.75, 3.05) is 17.2 Å². The van der Waals surface area contributed by atoms with Crippen LogP contribution in [0.2, 0.25) is 0 Å². The Morgan fingerprint density at radius 2 is 1.88 bits per heavy atom. The average molecular weight is 336 g/mol. The Balaban J connectivity index is 1.49. The number of nitrogens with zero attached hydrogens (tertiary/aromatic N) is 3. The number of nitrogens with two attached hydrogens (primary N) is 1. The highest BCUT2D eigenvalue weighted by Gasteiger charge is 2.19. The van der Waals surface area contributed by atoms with E-state index in [1.807, 2.05) is 23.0 Å². The molecule has 128 valence electrons. The highest BCUT2D eigenvalue weighted by molar-refractivity contribution is 5.66. The van der Waals surface area contributed by atoms with Gasteiger partial charge >= 0.3 is 0 Å². The molecule has 0 bridgehead atoms. The molecule has 0 fully saturated rings. The molecular formula is C20H21FN4. The van der Waals surface area contributed by atoms with Gasteiger partial charge in [0, 0.05) is 36.2 Å². The van der Waals surface area contributed by atoms with E-state index in [0.717, 1.165) is 42.7 Å². The lowest BCUT2D eigenvalue weighted by atomic mass is 9.99. The van der Waals surface area contributed by atoms with Gasteiger partial charge < -0.3 is 10.6 Å². The summed E-state index contributed by atoms with van der Waals surface area (Å²) in [5.41, 5.74) is 11.7. The molecule has 0 atom stereocenters. The second-order valence-corrected chi connectivity index (χ2v) is 6.54. The van der Waals surface area contributed by atoms with Crippen LogP contribution in [0.5, 0.6) is 0 Å². The lowest BCUT2D eigenvalue weighted by molar-refractivity contribution is 0.624. The van der Waals surface area contributed by atoms with Crippen LogP contribution in [-0.2, 0) is 19.5 Å². The molecule has 5 heteroatoms. The summed E-state index contributed by atoms with van der Waals surface area (Å²) in [6.07, 6.45) is 6.13. The van der Waals surface area contributed by atoms with Crippen molar-refractivity contribution in [3.05, 3.63) is 77.4 Å². The van der Waals surface area contributed by atoms with Crippen LogP contribution in [0.25, 0.3) is 0 Å². The molecule has 2 aromatic carbocycles.